The van der Waals surface area contributed by atoms with E-state index in [2.05, 4.69) is 19.2 Å². The lowest BCUT2D eigenvalue weighted by Crippen LogP contribution is -2.42. The van der Waals surface area contributed by atoms with E-state index >= 15 is 0 Å². The maximum atomic E-state index is 12.8. The summed E-state index contributed by atoms with van der Waals surface area (Å²) in [6, 6.07) is -0.735. The lowest BCUT2D eigenvalue weighted by Gasteiger charge is -2.24. The van der Waals surface area contributed by atoms with Gasteiger partial charge >= 0.3 is 13.8 Å². The smallest absolute Gasteiger partial charge is 0.463 e. The molecule has 2 atom stereocenters. The van der Waals surface area contributed by atoms with E-state index in [4.69, 9.17) is 13.8 Å². The molecule has 1 unspecified atom stereocenters. The van der Waals surface area contributed by atoms with E-state index in [9.17, 15) is 19.0 Å². The molecule has 322 valence electrons. The van der Waals surface area contributed by atoms with E-state index in [1.54, 1.807) is 0 Å². The molecule has 0 fully saturated rings. The molecule has 10 heteroatoms. The van der Waals surface area contributed by atoms with E-state index < -0.39 is 13.9 Å². The molecular formula is C44H90N2O7P+. The molecular weight excluding hydrogens is 699 g/mol. The van der Waals surface area contributed by atoms with Crippen LogP contribution < -0.4 is 5.32 Å². The minimum Gasteiger partial charge on any atom is -0.463 e. The molecule has 54 heavy (non-hydrogen) atoms. The summed E-state index contributed by atoms with van der Waals surface area (Å²) >= 11 is 0. The third-order valence-corrected chi connectivity index (χ3v) is 11.2. The number of nitrogens with one attached hydrogen (secondary N) is 1. The highest BCUT2D eigenvalue weighted by Gasteiger charge is 2.26. The summed E-state index contributed by atoms with van der Waals surface area (Å²) in [5.41, 5.74) is 0. The van der Waals surface area contributed by atoms with Crippen molar-refractivity contribution in [3.8, 4) is 0 Å². The summed E-state index contributed by atoms with van der Waals surface area (Å²) < 4.78 is 29.0. The zero-order chi connectivity index (χ0) is 40.0. The maximum absolute atomic E-state index is 12.8. The van der Waals surface area contributed by atoms with Crippen molar-refractivity contribution >= 4 is 19.7 Å². The van der Waals surface area contributed by atoms with E-state index in [0.29, 0.717) is 23.9 Å². The van der Waals surface area contributed by atoms with Gasteiger partial charge in [-0.05, 0) is 12.8 Å². The summed E-state index contributed by atoms with van der Waals surface area (Å²) in [5.74, 6) is -0.492. The van der Waals surface area contributed by atoms with Crippen molar-refractivity contribution in [2.45, 2.75) is 225 Å². The van der Waals surface area contributed by atoms with Crippen LogP contribution in [-0.2, 0) is 27.9 Å². The van der Waals surface area contributed by atoms with Crippen molar-refractivity contribution in [2.75, 3.05) is 47.5 Å². The summed E-state index contributed by atoms with van der Waals surface area (Å²) in [7, 11) is 1.56. The third kappa shape index (κ3) is 40.7. The van der Waals surface area contributed by atoms with Crippen LogP contribution in [0.4, 0.5) is 0 Å². The van der Waals surface area contributed by atoms with Gasteiger partial charge in [-0.2, -0.15) is 0 Å². The first-order valence-corrected chi connectivity index (χ1v) is 24.4. The molecule has 9 nitrogen and oxygen atoms in total. The molecule has 0 bridgehead atoms. The largest absolute Gasteiger partial charge is 0.472 e. The monoisotopic (exact) mass is 790 g/mol. The number of carbonyl (C=O) groups is 2. The third-order valence-electron chi connectivity index (χ3n) is 10.3. The quantitative estimate of drug-likeness (QED) is 0.0274. The number of nitrogens with zero attached hydrogens (tertiary/aromatic N) is 1. The number of quaternary nitrogens is 1. The zero-order valence-corrected chi connectivity index (χ0v) is 37.2. The number of phosphoric ester groups is 1. The number of unbranched alkanes of at least 4 members (excludes halogenated alkanes) is 28. The van der Waals surface area contributed by atoms with Crippen LogP contribution in [0.1, 0.15) is 219 Å². The normalized spacial score (nSPS) is 13.5. The van der Waals surface area contributed by atoms with Gasteiger partial charge in [-0.1, -0.05) is 194 Å². The van der Waals surface area contributed by atoms with E-state index in [1.165, 1.54) is 154 Å². The lowest BCUT2D eigenvalue weighted by molar-refractivity contribution is -0.870. The van der Waals surface area contributed by atoms with Gasteiger partial charge in [0.25, 0.3) is 0 Å². The van der Waals surface area contributed by atoms with Crippen molar-refractivity contribution in [3.05, 3.63) is 0 Å². The number of rotatable bonds is 42. The number of likely N-dealkylation sites (N-methyl/N-ethyl adjacent to an activating group) is 1. The number of hydrogen-bond donors (Lipinski definition) is 2. The second-order valence-electron chi connectivity index (χ2n) is 17.0. The molecule has 0 saturated carbocycles. The number of ether oxygens (including phenoxy) is 1. The van der Waals surface area contributed by atoms with Crippen LogP contribution in [-0.4, -0.2) is 74.8 Å². The Kier molecular flexibility index (Phi) is 36.9. The molecule has 0 aromatic rings. The Bertz CT molecular complexity index is 899. The van der Waals surface area contributed by atoms with Gasteiger partial charge in [-0.15, -0.1) is 0 Å². The highest BCUT2D eigenvalue weighted by Crippen LogP contribution is 2.43. The molecule has 0 aromatic carbocycles. The molecule has 1 amide bonds. The van der Waals surface area contributed by atoms with Gasteiger partial charge in [0.2, 0.25) is 5.91 Å². The topological polar surface area (TPSA) is 111 Å². The van der Waals surface area contributed by atoms with Gasteiger partial charge in [-0.3, -0.25) is 18.6 Å². The molecule has 2 N–H and O–H groups in total. The molecule has 0 aliphatic rings. The number of esters is 1. The van der Waals surface area contributed by atoms with Crippen LogP contribution in [0.2, 0.25) is 0 Å². The van der Waals surface area contributed by atoms with Crippen LogP contribution in [0.15, 0.2) is 0 Å². The van der Waals surface area contributed by atoms with Crippen molar-refractivity contribution in [2.24, 2.45) is 0 Å². The van der Waals surface area contributed by atoms with E-state index in [1.807, 2.05) is 21.1 Å². The predicted molar refractivity (Wildman–Crippen MR) is 227 cm³/mol. The second-order valence-corrected chi connectivity index (χ2v) is 18.4. The predicted octanol–water partition coefficient (Wildman–Crippen LogP) is 12.4. The summed E-state index contributed by atoms with van der Waals surface area (Å²) in [5, 5.41) is 2.86. The van der Waals surface area contributed by atoms with Crippen LogP contribution in [0.25, 0.3) is 0 Å². The Morgan fingerprint density at radius 3 is 1.26 bits per heavy atom. The zero-order valence-electron chi connectivity index (χ0n) is 36.3. The van der Waals surface area contributed by atoms with Gasteiger partial charge in [0.05, 0.1) is 33.8 Å². The maximum Gasteiger partial charge on any atom is 0.472 e. The molecule has 0 heterocycles. The average molecular weight is 790 g/mol. The van der Waals surface area contributed by atoms with Gasteiger partial charge < -0.3 is 19.4 Å². The van der Waals surface area contributed by atoms with Gasteiger partial charge in [0.1, 0.15) is 19.8 Å². The number of amides is 1. The van der Waals surface area contributed by atoms with Crippen molar-refractivity contribution in [1.29, 1.82) is 0 Å². The van der Waals surface area contributed by atoms with Crippen LogP contribution >= 0.6 is 7.82 Å². The highest BCUT2D eigenvalue weighted by atomic mass is 31.2. The number of phosphoric acid groups is 1. The van der Waals surface area contributed by atoms with Crippen LogP contribution in [0.3, 0.4) is 0 Å². The SMILES string of the molecule is CCCCCCCCCCCCCCCCCC(=O)N[C@H](COC(=O)CCCCCCCCCCCCCCCCC)COP(=O)(O)OCC[N+](C)(C)C. The van der Waals surface area contributed by atoms with Crippen molar-refractivity contribution < 1.29 is 37.3 Å². The Labute approximate surface area is 334 Å². The average Bonchev–Trinajstić information content (AvgIpc) is 3.12. The Morgan fingerprint density at radius 1 is 0.537 bits per heavy atom. The minimum absolute atomic E-state index is 0.0573. The first kappa shape index (κ1) is 53.0. The molecule has 0 radical (unpaired) electrons. The minimum atomic E-state index is -4.33. The van der Waals surface area contributed by atoms with Crippen LogP contribution in [0, 0.1) is 0 Å². The Morgan fingerprint density at radius 2 is 0.889 bits per heavy atom. The number of hydrogen-bond acceptors (Lipinski definition) is 6. The first-order valence-electron chi connectivity index (χ1n) is 22.9. The number of carbonyl (C=O) groups excluding carboxylic acids is 2. The Hall–Kier alpha value is -0.990. The van der Waals surface area contributed by atoms with Crippen molar-refractivity contribution in [3.63, 3.8) is 0 Å². The fourth-order valence-corrected chi connectivity index (χ4v) is 7.40. The molecule has 0 spiro atoms. The highest BCUT2D eigenvalue weighted by molar-refractivity contribution is 7.47. The summed E-state index contributed by atoms with van der Waals surface area (Å²) in [6.45, 7) is 4.73. The molecule has 0 aliphatic heterocycles. The summed E-state index contributed by atoms with van der Waals surface area (Å²) in [6.07, 6.45) is 38.6. The fraction of sp³-hybridized carbons (Fsp3) is 0.955. The van der Waals surface area contributed by atoms with E-state index in [-0.39, 0.29) is 31.7 Å². The van der Waals surface area contributed by atoms with E-state index in [0.717, 1.165) is 38.5 Å². The first-order chi connectivity index (χ1) is 26.0. The van der Waals surface area contributed by atoms with Crippen molar-refractivity contribution in [1.82, 2.24) is 5.32 Å². The summed E-state index contributed by atoms with van der Waals surface area (Å²) in [4.78, 5) is 35.5. The molecule has 0 aromatic heterocycles. The van der Waals surface area contributed by atoms with Gasteiger partial charge in [0.15, 0.2) is 0 Å². The van der Waals surface area contributed by atoms with Crippen LogP contribution in [0.5, 0.6) is 0 Å². The lowest BCUT2D eigenvalue weighted by atomic mass is 10.0. The second kappa shape index (κ2) is 37.6. The molecule has 0 aliphatic carbocycles. The van der Waals surface area contributed by atoms with Gasteiger partial charge in [0, 0.05) is 12.8 Å². The standard InChI is InChI=1S/C44H89N2O7P/c1-6-8-10-12-14-16-18-20-22-24-26-28-30-32-34-36-43(47)45-42(41-53-54(49,50)52-39-38-46(3,4)5)40-51-44(48)37-35-33-31-29-27-25-23-21-19-17-15-13-11-9-7-2/h42H,6-41H2,1-5H3,(H-,45,47,49,50)/p+1/t42-/m1/s1. The fourth-order valence-electron chi connectivity index (χ4n) is 6.65. The molecule has 0 saturated heterocycles. The Balaban J connectivity index is 4.30. The van der Waals surface area contributed by atoms with Gasteiger partial charge in [-0.25, -0.2) is 4.57 Å². The molecule has 0 rings (SSSR count).